The Morgan fingerprint density at radius 2 is 1.83 bits per heavy atom. The second kappa shape index (κ2) is 5.75. The SMILES string of the molecule is CCOC(=O)[C@@H](CC)C(=O)CC. The highest BCUT2D eigenvalue weighted by molar-refractivity contribution is 5.98. The van der Waals surface area contributed by atoms with E-state index >= 15 is 0 Å². The van der Waals surface area contributed by atoms with E-state index in [1.807, 2.05) is 6.92 Å². The first-order chi connectivity index (χ1) is 5.67. The molecule has 0 heterocycles. The van der Waals surface area contributed by atoms with Crippen LogP contribution in [0.4, 0.5) is 0 Å². The standard InChI is InChI=1S/C9H16O3/c1-4-7(8(10)5-2)9(11)12-6-3/h7H,4-6H2,1-3H3/t7-/m0/s1. The first-order valence-electron chi connectivity index (χ1n) is 4.36. The summed E-state index contributed by atoms with van der Waals surface area (Å²) in [4.78, 5) is 22.3. The van der Waals surface area contributed by atoms with Gasteiger partial charge in [-0.05, 0) is 13.3 Å². The van der Waals surface area contributed by atoms with E-state index in [4.69, 9.17) is 4.74 Å². The monoisotopic (exact) mass is 172 g/mol. The molecule has 0 aromatic heterocycles. The molecule has 0 fully saturated rings. The van der Waals surface area contributed by atoms with Crippen LogP contribution in [0.25, 0.3) is 0 Å². The highest BCUT2D eigenvalue weighted by Gasteiger charge is 2.23. The normalized spacial score (nSPS) is 12.2. The molecule has 0 aliphatic heterocycles. The van der Waals surface area contributed by atoms with Crippen LogP contribution in [0.1, 0.15) is 33.6 Å². The summed E-state index contributed by atoms with van der Waals surface area (Å²) in [6.07, 6.45) is 0.933. The molecule has 3 heteroatoms. The summed E-state index contributed by atoms with van der Waals surface area (Å²) < 4.78 is 4.76. The lowest BCUT2D eigenvalue weighted by atomic mass is 10.00. The van der Waals surface area contributed by atoms with Gasteiger partial charge < -0.3 is 4.74 Å². The van der Waals surface area contributed by atoms with E-state index in [9.17, 15) is 9.59 Å². The lowest BCUT2D eigenvalue weighted by molar-refractivity contribution is -0.151. The summed E-state index contributed by atoms with van der Waals surface area (Å²) in [5, 5.41) is 0. The van der Waals surface area contributed by atoms with Gasteiger partial charge in [-0.1, -0.05) is 13.8 Å². The van der Waals surface area contributed by atoms with Gasteiger partial charge in [-0.3, -0.25) is 9.59 Å². The largest absolute Gasteiger partial charge is 0.465 e. The second-order valence-electron chi connectivity index (χ2n) is 2.53. The van der Waals surface area contributed by atoms with Crippen LogP contribution >= 0.6 is 0 Å². The van der Waals surface area contributed by atoms with E-state index in [2.05, 4.69) is 0 Å². The lowest BCUT2D eigenvalue weighted by Crippen LogP contribution is -2.24. The quantitative estimate of drug-likeness (QED) is 0.467. The minimum Gasteiger partial charge on any atom is -0.465 e. The Morgan fingerprint density at radius 3 is 2.17 bits per heavy atom. The number of Topliss-reactive ketones (excluding diaryl/α,β-unsaturated/α-hetero) is 1. The Balaban J connectivity index is 4.14. The van der Waals surface area contributed by atoms with Gasteiger partial charge in [-0.25, -0.2) is 0 Å². The molecule has 0 aromatic carbocycles. The van der Waals surface area contributed by atoms with Crippen molar-refractivity contribution < 1.29 is 14.3 Å². The molecule has 3 nitrogen and oxygen atoms in total. The number of ether oxygens (including phenoxy) is 1. The zero-order valence-corrected chi connectivity index (χ0v) is 7.92. The van der Waals surface area contributed by atoms with Gasteiger partial charge in [0.25, 0.3) is 0 Å². The average Bonchev–Trinajstić information content (AvgIpc) is 2.06. The zero-order chi connectivity index (χ0) is 9.56. The van der Waals surface area contributed by atoms with E-state index in [0.29, 0.717) is 19.4 Å². The van der Waals surface area contributed by atoms with Gasteiger partial charge >= 0.3 is 5.97 Å². The maximum atomic E-state index is 11.2. The van der Waals surface area contributed by atoms with Gasteiger partial charge in [0.15, 0.2) is 0 Å². The first kappa shape index (κ1) is 11.1. The number of rotatable bonds is 5. The molecular weight excluding hydrogens is 156 g/mol. The molecule has 12 heavy (non-hydrogen) atoms. The third-order valence-corrected chi connectivity index (χ3v) is 1.72. The highest BCUT2D eigenvalue weighted by Crippen LogP contribution is 2.08. The molecule has 0 aliphatic rings. The van der Waals surface area contributed by atoms with Gasteiger partial charge in [0.2, 0.25) is 0 Å². The Hall–Kier alpha value is -0.860. The van der Waals surface area contributed by atoms with Crippen molar-refractivity contribution in [2.75, 3.05) is 6.61 Å². The Bertz CT molecular complexity index is 163. The minimum atomic E-state index is -0.546. The van der Waals surface area contributed by atoms with Crippen LogP contribution in [0.5, 0.6) is 0 Å². The molecular formula is C9H16O3. The third kappa shape index (κ3) is 3.03. The van der Waals surface area contributed by atoms with Crippen LogP contribution in [-0.2, 0) is 14.3 Å². The summed E-state index contributed by atoms with van der Waals surface area (Å²) >= 11 is 0. The minimum absolute atomic E-state index is 0.0315. The number of carbonyl (C=O) groups is 2. The molecule has 0 spiro atoms. The van der Waals surface area contributed by atoms with Crippen LogP contribution in [-0.4, -0.2) is 18.4 Å². The lowest BCUT2D eigenvalue weighted by Gasteiger charge is -2.10. The third-order valence-electron chi connectivity index (χ3n) is 1.72. The van der Waals surface area contributed by atoms with Gasteiger partial charge in [0.1, 0.15) is 11.7 Å². The van der Waals surface area contributed by atoms with Gasteiger partial charge in [-0.15, -0.1) is 0 Å². The van der Waals surface area contributed by atoms with Crippen molar-refractivity contribution >= 4 is 11.8 Å². The van der Waals surface area contributed by atoms with Crippen molar-refractivity contribution in [3.63, 3.8) is 0 Å². The zero-order valence-electron chi connectivity index (χ0n) is 7.92. The molecule has 0 saturated heterocycles. The fourth-order valence-electron chi connectivity index (χ4n) is 1.02. The summed E-state index contributed by atoms with van der Waals surface area (Å²) in [5.74, 6) is -0.960. The van der Waals surface area contributed by atoms with Crippen LogP contribution in [0.15, 0.2) is 0 Å². The molecule has 1 atom stereocenters. The number of esters is 1. The topological polar surface area (TPSA) is 43.4 Å². The number of hydrogen-bond acceptors (Lipinski definition) is 3. The van der Waals surface area contributed by atoms with Crippen LogP contribution in [0, 0.1) is 5.92 Å². The summed E-state index contributed by atoms with van der Waals surface area (Å²) in [7, 11) is 0. The predicted octanol–water partition coefficient (Wildman–Crippen LogP) is 1.55. The highest BCUT2D eigenvalue weighted by atomic mass is 16.5. The Kier molecular flexibility index (Phi) is 5.34. The predicted molar refractivity (Wildman–Crippen MR) is 45.7 cm³/mol. The molecule has 0 aromatic rings. The molecule has 0 amide bonds. The summed E-state index contributed by atoms with van der Waals surface area (Å²) in [6.45, 7) is 5.65. The van der Waals surface area contributed by atoms with Crippen molar-refractivity contribution in [1.29, 1.82) is 0 Å². The number of carbonyl (C=O) groups excluding carboxylic acids is 2. The fourth-order valence-corrected chi connectivity index (χ4v) is 1.02. The van der Waals surface area contributed by atoms with Gasteiger partial charge in [0, 0.05) is 6.42 Å². The maximum Gasteiger partial charge on any atom is 0.316 e. The number of hydrogen-bond donors (Lipinski definition) is 0. The number of ketones is 1. The molecule has 0 aliphatic carbocycles. The molecule has 0 saturated carbocycles. The van der Waals surface area contributed by atoms with Crippen LogP contribution in [0.2, 0.25) is 0 Å². The van der Waals surface area contributed by atoms with Crippen molar-refractivity contribution in [2.24, 2.45) is 5.92 Å². The smallest absolute Gasteiger partial charge is 0.316 e. The molecule has 70 valence electrons. The molecule has 0 N–H and O–H groups in total. The molecule has 0 bridgehead atoms. The summed E-state index contributed by atoms with van der Waals surface area (Å²) in [6, 6.07) is 0. The Morgan fingerprint density at radius 1 is 1.25 bits per heavy atom. The van der Waals surface area contributed by atoms with Crippen molar-refractivity contribution in [3.8, 4) is 0 Å². The second-order valence-corrected chi connectivity index (χ2v) is 2.53. The van der Waals surface area contributed by atoms with Crippen LogP contribution in [0.3, 0.4) is 0 Å². The summed E-state index contributed by atoms with van der Waals surface area (Å²) in [5.41, 5.74) is 0. The Labute approximate surface area is 73.1 Å². The molecule has 0 rings (SSSR count). The van der Waals surface area contributed by atoms with Crippen molar-refractivity contribution in [1.82, 2.24) is 0 Å². The van der Waals surface area contributed by atoms with E-state index in [1.165, 1.54) is 0 Å². The first-order valence-corrected chi connectivity index (χ1v) is 4.36. The van der Waals surface area contributed by atoms with E-state index < -0.39 is 5.92 Å². The maximum absolute atomic E-state index is 11.2. The van der Waals surface area contributed by atoms with Gasteiger partial charge in [-0.2, -0.15) is 0 Å². The van der Waals surface area contributed by atoms with Crippen molar-refractivity contribution in [3.05, 3.63) is 0 Å². The van der Waals surface area contributed by atoms with Gasteiger partial charge in [0.05, 0.1) is 6.61 Å². The van der Waals surface area contributed by atoms with E-state index in [0.717, 1.165) is 0 Å². The van der Waals surface area contributed by atoms with E-state index in [1.54, 1.807) is 13.8 Å². The molecule has 0 radical (unpaired) electrons. The average molecular weight is 172 g/mol. The molecule has 0 unspecified atom stereocenters. The van der Waals surface area contributed by atoms with Crippen molar-refractivity contribution in [2.45, 2.75) is 33.6 Å². The van der Waals surface area contributed by atoms with Crippen LogP contribution < -0.4 is 0 Å². The fraction of sp³-hybridized carbons (Fsp3) is 0.778. The van der Waals surface area contributed by atoms with E-state index in [-0.39, 0.29) is 11.8 Å².